The number of halogens is 3. The highest BCUT2D eigenvalue weighted by Gasteiger charge is 2.15. The Bertz CT molecular complexity index is 798. The van der Waals surface area contributed by atoms with Gasteiger partial charge in [-0.15, -0.1) is 0 Å². The van der Waals surface area contributed by atoms with Crippen LogP contribution in [0.5, 0.6) is 5.75 Å². The molecule has 26 heavy (non-hydrogen) atoms. The van der Waals surface area contributed by atoms with Gasteiger partial charge in [-0.1, -0.05) is 0 Å². The zero-order chi connectivity index (χ0) is 19.1. The molecule has 0 atom stereocenters. The molecule has 0 unspecified atom stereocenters. The van der Waals surface area contributed by atoms with Crippen molar-refractivity contribution in [2.45, 2.75) is 0 Å². The van der Waals surface area contributed by atoms with Crippen molar-refractivity contribution >= 4 is 17.6 Å². The normalized spacial score (nSPS) is 10.2. The number of carbonyl (C=O) groups is 2. The fraction of sp³-hybridized carbons (Fsp3) is 0.176. The van der Waals surface area contributed by atoms with Gasteiger partial charge in [-0.2, -0.15) is 0 Å². The van der Waals surface area contributed by atoms with E-state index in [4.69, 9.17) is 4.74 Å². The fourth-order valence-electron chi connectivity index (χ4n) is 1.99. The number of amides is 3. The van der Waals surface area contributed by atoms with Gasteiger partial charge in [-0.05, 0) is 36.4 Å². The van der Waals surface area contributed by atoms with Crippen molar-refractivity contribution in [3.05, 3.63) is 59.4 Å². The quantitative estimate of drug-likeness (QED) is 0.543. The molecular weight excluding hydrogens is 351 g/mol. The van der Waals surface area contributed by atoms with Crippen molar-refractivity contribution in [2.75, 3.05) is 25.5 Å². The largest absolute Gasteiger partial charge is 0.497 e. The monoisotopic (exact) mass is 367 g/mol. The van der Waals surface area contributed by atoms with Gasteiger partial charge in [0.05, 0.1) is 12.8 Å². The minimum atomic E-state index is -1.67. The molecule has 0 aliphatic heterocycles. The predicted octanol–water partition coefficient (Wildman–Crippen LogP) is 2.66. The van der Waals surface area contributed by atoms with Gasteiger partial charge in [0.15, 0.2) is 17.5 Å². The molecule has 138 valence electrons. The second-order valence-electron chi connectivity index (χ2n) is 5.09. The van der Waals surface area contributed by atoms with Crippen molar-refractivity contribution in [1.29, 1.82) is 0 Å². The molecule has 2 rings (SSSR count). The Morgan fingerprint density at radius 1 is 0.923 bits per heavy atom. The molecule has 0 aromatic heterocycles. The van der Waals surface area contributed by atoms with Gasteiger partial charge < -0.3 is 20.7 Å². The summed E-state index contributed by atoms with van der Waals surface area (Å²) in [6, 6.07) is 7.21. The van der Waals surface area contributed by atoms with Crippen molar-refractivity contribution in [3.63, 3.8) is 0 Å². The minimum Gasteiger partial charge on any atom is -0.497 e. The van der Waals surface area contributed by atoms with E-state index in [0.29, 0.717) is 17.4 Å². The van der Waals surface area contributed by atoms with E-state index in [9.17, 15) is 22.8 Å². The maximum Gasteiger partial charge on any atom is 0.319 e. The number of rotatable bonds is 6. The highest BCUT2D eigenvalue weighted by atomic mass is 19.2. The summed E-state index contributed by atoms with van der Waals surface area (Å²) in [5, 5.41) is 6.98. The van der Waals surface area contributed by atoms with Crippen molar-refractivity contribution in [1.82, 2.24) is 10.6 Å². The standard InChI is InChI=1S/C17H16F3N3O3/c1-26-11-4-2-10(3-5-11)16(24)21-8-9-22-17(25)23-13-7-6-12(18)14(19)15(13)20/h2-7H,8-9H2,1H3,(H,21,24)(H2,22,23,25). The number of benzene rings is 2. The van der Waals surface area contributed by atoms with Crippen LogP contribution < -0.4 is 20.7 Å². The zero-order valence-corrected chi connectivity index (χ0v) is 13.7. The molecule has 0 saturated carbocycles. The van der Waals surface area contributed by atoms with E-state index in [1.165, 1.54) is 7.11 Å². The van der Waals surface area contributed by atoms with E-state index in [1.54, 1.807) is 24.3 Å². The van der Waals surface area contributed by atoms with E-state index in [0.717, 1.165) is 6.07 Å². The lowest BCUT2D eigenvalue weighted by Crippen LogP contribution is -2.37. The second kappa shape index (κ2) is 8.75. The lowest BCUT2D eigenvalue weighted by atomic mass is 10.2. The Kier molecular flexibility index (Phi) is 6.42. The molecular formula is C17H16F3N3O3. The molecule has 6 nitrogen and oxygen atoms in total. The highest BCUT2D eigenvalue weighted by Crippen LogP contribution is 2.19. The molecule has 0 spiro atoms. The molecule has 2 aromatic carbocycles. The summed E-state index contributed by atoms with van der Waals surface area (Å²) in [4.78, 5) is 23.5. The first-order chi connectivity index (χ1) is 12.4. The van der Waals surface area contributed by atoms with Gasteiger partial charge >= 0.3 is 6.03 Å². The van der Waals surface area contributed by atoms with Gasteiger partial charge in [-0.25, -0.2) is 18.0 Å². The van der Waals surface area contributed by atoms with Gasteiger partial charge in [0.2, 0.25) is 0 Å². The van der Waals surface area contributed by atoms with Crippen LogP contribution in [0, 0.1) is 17.5 Å². The van der Waals surface area contributed by atoms with Gasteiger partial charge in [-0.3, -0.25) is 4.79 Å². The minimum absolute atomic E-state index is 0.0407. The number of methoxy groups -OCH3 is 1. The van der Waals surface area contributed by atoms with Crippen LogP contribution in [0.1, 0.15) is 10.4 Å². The molecule has 9 heteroatoms. The number of ether oxygens (including phenoxy) is 1. The number of nitrogens with one attached hydrogen (secondary N) is 3. The Morgan fingerprint density at radius 3 is 2.23 bits per heavy atom. The van der Waals surface area contributed by atoms with Crippen LogP contribution in [0.4, 0.5) is 23.7 Å². The third kappa shape index (κ3) is 4.88. The Morgan fingerprint density at radius 2 is 1.58 bits per heavy atom. The van der Waals surface area contributed by atoms with Crippen LogP contribution in [0.2, 0.25) is 0 Å². The van der Waals surface area contributed by atoms with E-state index in [-0.39, 0.29) is 19.0 Å². The van der Waals surface area contributed by atoms with Crippen LogP contribution >= 0.6 is 0 Å². The maximum atomic E-state index is 13.4. The SMILES string of the molecule is COc1ccc(C(=O)NCCNC(=O)Nc2ccc(F)c(F)c2F)cc1. The average molecular weight is 367 g/mol. The number of anilines is 1. The first-order valence-electron chi connectivity index (χ1n) is 7.53. The molecule has 0 bridgehead atoms. The molecule has 0 fully saturated rings. The molecule has 0 aliphatic rings. The molecule has 0 aliphatic carbocycles. The molecule has 0 heterocycles. The summed E-state index contributed by atoms with van der Waals surface area (Å²) in [7, 11) is 1.51. The topological polar surface area (TPSA) is 79.5 Å². The fourth-order valence-corrected chi connectivity index (χ4v) is 1.99. The molecule has 3 N–H and O–H groups in total. The summed E-state index contributed by atoms with van der Waals surface area (Å²) >= 11 is 0. The van der Waals surface area contributed by atoms with Gasteiger partial charge in [0.25, 0.3) is 5.91 Å². The summed E-state index contributed by atoms with van der Waals surface area (Å²) in [5.74, 6) is -4.25. The molecule has 0 radical (unpaired) electrons. The number of hydrogen-bond donors (Lipinski definition) is 3. The van der Waals surface area contributed by atoms with Crippen LogP contribution in [0.15, 0.2) is 36.4 Å². The van der Waals surface area contributed by atoms with Crippen molar-refractivity contribution in [3.8, 4) is 5.75 Å². The van der Waals surface area contributed by atoms with E-state index < -0.39 is 29.2 Å². The van der Waals surface area contributed by atoms with Crippen LogP contribution in [-0.2, 0) is 0 Å². The van der Waals surface area contributed by atoms with Crippen LogP contribution in [0.3, 0.4) is 0 Å². The summed E-state index contributed by atoms with van der Waals surface area (Å²) in [6.45, 7) is 0.150. The van der Waals surface area contributed by atoms with Crippen molar-refractivity contribution in [2.24, 2.45) is 0 Å². The Balaban J connectivity index is 1.76. The Labute approximate surface area is 147 Å². The van der Waals surface area contributed by atoms with Gasteiger partial charge in [0.1, 0.15) is 5.75 Å². The van der Waals surface area contributed by atoms with E-state index >= 15 is 0 Å². The van der Waals surface area contributed by atoms with Crippen LogP contribution in [0.25, 0.3) is 0 Å². The summed E-state index contributed by atoms with van der Waals surface area (Å²) < 4.78 is 44.3. The maximum absolute atomic E-state index is 13.4. The smallest absolute Gasteiger partial charge is 0.319 e. The molecule has 3 amide bonds. The first kappa shape index (κ1) is 19.1. The first-order valence-corrected chi connectivity index (χ1v) is 7.53. The van der Waals surface area contributed by atoms with E-state index in [2.05, 4.69) is 16.0 Å². The average Bonchev–Trinajstić information content (AvgIpc) is 2.65. The Hall–Kier alpha value is -3.23. The van der Waals surface area contributed by atoms with Gasteiger partial charge in [0, 0.05) is 18.7 Å². The van der Waals surface area contributed by atoms with E-state index in [1.807, 2.05) is 0 Å². The zero-order valence-electron chi connectivity index (χ0n) is 13.7. The number of carbonyl (C=O) groups excluding carboxylic acids is 2. The highest BCUT2D eigenvalue weighted by molar-refractivity contribution is 5.94. The second-order valence-corrected chi connectivity index (χ2v) is 5.09. The molecule has 0 saturated heterocycles. The lowest BCUT2D eigenvalue weighted by molar-refractivity contribution is 0.0954. The van der Waals surface area contributed by atoms with Crippen molar-refractivity contribution < 1.29 is 27.5 Å². The number of hydrogen-bond acceptors (Lipinski definition) is 3. The number of urea groups is 1. The summed E-state index contributed by atoms with van der Waals surface area (Å²) in [6.07, 6.45) is 0. The lowest BCUT2D eigenvalue weighted by Gasteiger charge is -2.10. The summed E-state index contributed by atoms with van der Waals surface area (Å²) in [5.41, 5.74) is -0.0808. The third-order valence-electron chi connectivity index (χ3n) is 3.33. The molecule has 2 aromatic rings. The predicted molar refractivity (Wildman–Crippen MR) is 88.7 cm³/mol. The third-order valence-corrected chi connectivity index (χ3v) is 3.33. The van der Waals surface area contributed by atoms with Crippen LogP contribution in [-0.4, -0.2) is 32.1 Å².